The second-order valence-electron chi connectivity index (χ2n) is 11.6. The van der Waals surface area contributed by atoms with Crippen LogP contribution in [0.25, 0.3) is 11.0 Å². The molecule has 5 heterocycles. The third kappa shape index (κ3) is 4.42. The van der Waals surface area contributed by atoms with Crippen LogP contribution in [0.5, 0.6) is 5.88 Å². The number of aromatic nitrogens is 4. The van der Waals surface area contributed by atoms with Crippen LogP contribution in [0.15, 0.2) is 6.20 Å². The summed E-state index contributed by atoms with van der Waals surface area (Å²) in [5.41, 5.74) is 5.81. The maximum atomic E-state index is 15.5. The molecule has 7 rings (SSSR count). The van der Waals surface area contributed by atoms with Gasteiger partial charge in [-0.1, -0.05) is 0 Å². The van der Waals surface area contributed by atoms with Gasteiger partial charge in [-0.25, -0.2) is 28.5 Å². The SMILES string of the molecule is C[C@H](O)[C@@H](N)c1nc2c(F)c3c(c(F)c2[nH]1)CC(CN1CCC2(CC1)CN(c1cnc4c(n1)NC(=O)CO4)C(=O)O2)C3. The number of halogens is 2. The first-order valence-electron chi connectivity index (χ1n) is 14.0. The van der Waals surface area contributed by atoms with Gasteiger partial charge in [-0.3, -0.25) is 9.69 Å². The summed E-state index contributed by atoms with van der Waals surface area (Å²) in [6.45, 7) is 3.61. The predicted molar refractivity (Wildman–Crippen MR) is 144 cm³/mol. The predicted octanol–water partition coefficient (Wildman–Crippen LogP) is 1.55. The highest BCUT2D eigenvalue weighted by atomic mass is 19.1. The van der Waals surface area contributed by atoms with Crippen LogP contribution in [0.4, 0.5) is 25.2 Å². The number of aliphatic hydroxyl groups is 1. The third-order valence-corrected chi connectivity index (χ3v) is 8.72. The zero-order valence-electron chi connectivity index (χ0n) is 22.8. The van der Waals surface area contributed by atoms with Crippen molar-refractivity contribution in [3.8, 4) is 5.88 Å². The number of likely N-dealkylation sites (tertiary alicyclic amines) is 1. The van der Waals surface area contributed by atoms with Gasteiger partial charge in [0.1, 0.15) is 22.5 Å². The van der Waals surface area contributed by atoms with Crippen LogP contribution < -0.4 is 20.7 Å². The second kappa shape index (κ2) is 9.81. The number of aliphatic hydroxyl groups excluding tert-OH is 1. The van der Waals surface area contributed by atoms with Crippen LogP contribution in [0.3, 0.4) is 0 Å². The summed E-state index contributed by atoms with van der Waals surface area (Å²) in [5.74, 6) is -0.624. The van der Waals surface area contributed by atoms with E-state index in [2.05, 4.69) is 30.2 Å². The van der Waals surface area contributed by atoms with Crippen molar-refractivity contribution in [2.75, 3.05) is 43.0 Å². The largest absolute Gasteiger partial charge is 0.465 e. The zero-order valence-corrected chi connectivity index (χ0v) is 22.8. The molecule has 13 nitrogen and oxygen atoms in total. The molecule has 2 amide bonds. The molecular weight excluding hydrogens is 554 g/mol. The number of carbonyl (C=O) groups is 2. The van der Waals surface area contributed by atoms with Crippen molar-refractivity contribution < 1.29 is 33.0 Å². The molecule has 3 atom stereocenters. The number of carbonyl (C=O) groups excluding carboxylic acids is 2. The Morgan fingerprint density at radius 3 is 2.67 bits per heavy atom. The van der Waals surface area contributed by atoms with Gasteiger partial charge in [0.15, 0.2) is 29.9 Å². The van der Waals surface area contributed by atoms with E-state index in [1.54, 1.807) is 0 Å². The number of ether oxygens (including phenoxy) is 2. The van der Waals surface area contributed by atoms with Crippen molar-refractivity contribution in [1.29, 1.82) is 0 Å². The monoisotopic (exact) mass is 584 g/mol. The molecular formula is C27H30F2N8O5. The Morgan fingerprint density at radius 2 is 1.93 bits per heavy atom. The van der Waals surface area contributed by atoms with Crippen LogP contribution >= 0.6 is 0 Å². The van der Waals surface area contributed by atoms with E-state index < -0.39 is 35.5 Å². The number of imidazole rings is 1. The van der Waals surface area contributed by atoms with Crippen molar-refractivity contribution in [3.63, 3.8) is 0 Å². The Kier molecular flexibility index (Phi) is 6.29. The lowest BCUT2D eigenvalue weighted by molar-refractivity contribution is -0.118. The maximum Gasteiger partial charge on any atom is 0.416 e. The molecule has 15 heteroatoms. The van der Waals surface area contributed by atoms with E-state index in [-0.39, 0.29) is 52.8 Å². The number of hydrogen-bond acceptors (Lipinski definition) is 10. The number of benzene rings is 1. The quantitative estimate of drug-likeness (QED) is 0.345. The average molecular weight is 585 g/mol. The van der Waals surface area contributed by atoms with E-state index in [4.69, 9.17) is 15.2 Å². The number of rotatable bonds is 5. The van der Waals surface area contributed by atoms with E-state index >= 15 is 8.78 Å². The lowest BCUT2D eigenvalue weighted by atomic mass is 9.90. The van der Waals surface area contributed by atoms with E-state index in [0.29, 0.717) is 63.0 Å². The summed E-state index contributed by atoms with van der Waals surface area (Å²) in [6.07, 6.45) is 1.93. The Labute approximate surface area is 238 Å². The number of hydrogen-bond donors (Lipinski definition) is 4. The standard InChI is InChI=1S/C27H30F2N8O5/c1-12(38)20(30)23-34-21-18(28)14-6-13(7-15(14)19(29)22(21)35-23)9-36-4-2-27(3-5-36)11-37(26(40)42-27)16-8-31-25-24(32-16)33-17(39)10-41-25/h8,12-13,20,38H,2-7,9-11,30H2,1H3,(H,34,35)(H,32,33,39)/t12-,20+/m0/s1. The van der Waals surface area contributed by atoms with Gasteiger partial charge in [0, 0.05) is 32.5 Å². The van der Waals surface area contributed by atoms with Crippen molar-refractivity contribution in [1.82, 2.24) is 24.8 Å². The van der Waals surface area contributed by atoms with Gasteiger partial charge >= 0.3 is 6.09 Å². The highest BCUT2D eigenvalue weighted by molar-refractivity contribution is 5.94. The molecule has 2 saturated heterocycles. The molecule has 1 spiro atoms. The van der Waals surface area contributed by atoms with Gasteiger partial charge in [-0.05, 0) is 36.8 Å². The Balaban J connectivity index is 0.997. The maximum absolute atomic E-state index is 15.5. The Hall–Kier alpha value is -3.95. The molecule has 0 saturated carbocycles. The van der Waals surface area contributed by atoms with Crippen LogP contribution in [0.2, 0.25) is 0 Å². The van der Waals surface area contributed by atoms with Crippen LogP contribution in [-0.2, 0) is 22.4 Å². The number of aromatic amines is 1. The van der Waals surface area contributed by atoms with Gasteiger partial charge in [0.2, 0.25) is 0 Å². The summed E-state index contributed by atoms with van der Waals surface area (Å²) in [6, 6.07) is -0.879. The Morgan fingerprint density at radius 1 is 1.19 bits per heavy atom. The van der Waals surface area contributed by atoms with Crippen LogP contribution in [-0.4, -0.2) is 86.4 Å². The van der Waals surface area contributed by atoms with Crippen molar-refractivity contribution in [2.24, 2.45) is 11.7 Å². The smallest absolute Gasteiger partial charge is 0.416 e. The lowest BCUT2D eigenvalue weighted by Crippen LogP contribution is -2.48. The molecule has 1 aliphatic carbocycles. The summed E-state index contributed by atoms with van der Waals surface area (Å²) in [7, 11) is 0. The number of anilines is 2. The molecule has 5 N–H and O–H groups in total. The number of fused-ring (bicyclic) bond motifs is 3. The van der Waals surface area contributed by atoms with Crippen molar-refractivity contribution in [2.45, 2.75) is 50.4 Å². The highest BCUT2D eigenvalue weighted by Crippen LogP contribution is 2.39. The van der Waals surface area contributed by atoms with Gasteiger partial charge in [0.25, 0.3) is 11.8 Å². The first-order valence-corrected chi connectivity index (χ1v) is 14.0. The fourth-order valence-electron chi connectivity index (χ4n) is 6.41. The number of nitrogens with zero attached hydrogens (tertiary/aromatic N) is 5. The summed E-state index contributed by atoms with van der Waals surface area (Å²) >= 11 is 0. The number of nitrogens with one attached hydrogen (secondary N) is 2. The molecule has 0 bridgehead atoms. The van der Waals surface area contributed by atoms with Crippen LogP contribution in [0, 0.1) is 17.6 Å². The van der Waals surface area contributed by atoms with Crippen LogP contribution in [0.1, 0.15) is 42.8 Å². The van der Waals surface area contributed by atoms with Crippen molar-refractivity contribution in [3.05, 3.63) is 34.8 Å². The summed E-state index contributed by atoms with van der Waals surface area (Å²) < 4.78 is 42.0. The van der Waals surface area contributed by atoms with E-state index in [1.807, 2.05) is 0 Å². The minimum Gasteiger partial charge on any atom is -0.465 e. The number of H-pyrrole nitrogens is 1. The number of nitrogens with two attached hydrogens (primary N) is 1. The molecule has 2 fully saturated rings. The lowest BCUT2D eigenvalue weighted by Gasteiger charge is -2.38. The molecule has 3 aromatic rings. The summed E-state index contributed by atoms with van der Waals surface area (Å²) in [5, 5.41) is 12.4. The molecule has 3 aliphatic heterocycles. The zero-order chi connectivity index (χ0) is 29.3. The summed E-state index contributed by atoms with van der Waals surface area (Å²) in [4.78, 5) is 43.6. The normalized spacial score (nSPS) is 21.7. The molecule has 222 valence electrons. The minimum atomic E-state index is -0.927. The highest BCUT2D eigenvalue weighted by Gasteiger charge is 2.48. The first kappa shape index (κ1) is 26.9. The molecule has 1 aromatic carbocycles. The molecule has 1 unspecified atom stereocenters. The van der Waals surface area contributed by atoms with Gasteiger partial charge < -0.3 is 35.5 Å². The first-order chi connectivity index (χ1) is 20.1. The molecule has 0 radical (unpaired) electrons. The van der Waals surface area contributed by atoms with E-state index in [1.165, 1.54) is 18.0 Å². The fraction of sp³-hybridized carbons (Fsp3) is 0.519. The number of amides is 2. The van der Waals surface area contributed by atoms with Crippen molar-refractivity contribution >= 4 is 34.7 Å². The van der Waals surface area contributed by atoms with Gasteiger partial charge in [0.05, 0.1) is 24.9 Å². The average Bonchev–Trinajstić information content (AvgIpc) is 3.68. The fourth-order valence-corrected chi connectivity index (χ4v) is 6.41. The third-order valence-electron chi connectivity index (χ3n) is 8.72. The molecule has 2 aromatic heterocycles. The molecule has 4 aliphatic rings. The van der Waals surface area contributed by atoms with E-state index in [0.717, 1.165) is 0 Å². The van der Waals surface area contributed by atoms with Gasteiger partial charge in [-0.2, -0.15) is 0 Å². The topological polar surface area (TPSA) is 172 Å². The Bertz CT molecular complexity index is 1560. The number of piperidine rings is 1. The van der Waals surface area contributed by atoms with Gasteiger partial charge in [-0.15, -0.1) is 0 Å². The second-order valence-corrected chi connectivity index (χ2v) is 11.6. The van der Waals surface area contributed by atoms with E-state index in [9.17, 15) is 14.7 Å². The minimum absolute atomic E-state index is 0.0228. The molecule has 42 heavy (non-hydrogen) atoms.